The Morgan fingerprint density at radius 2 is 1.70 bits per heavy atom. The van der Waals surface area contributed by atoms with Crippen molar-refractivity contribution in [2.45, 2.75) is 13.5 Å². The van der Waals surface area contributed by atoms with Crippen LogP contribution in [-0.2, 0) is 6.54 Å². The summed E-state index contributed by atoms with van der Waals surface area (Å²) in [5, 5.41) is 9.63. The summed E-state index contributed by atoms with van der Waals surface area (Å²) in [6.45, 7) is 2.29. The summed E-state index contributed by atoms with van der Waals surface area (Å²) in [5.41, 5.74) is 2.12. The number of aromatic carboxylic acids is 1. The molecule has 4 rings (SSSR count). The molecule has 6 nitrogen and oxygen atoms in total. The molecular weight excluding hydrogens is 380 g/mol. The molecule has 0 aliphatic carbocycles. The number of carboxylic acid groups (broad SMARTS) is 1. The van der Waals surface area contributed by atoms with Gasteiger partial charge in [-0.25, -0.2) is 4.79 Å². The highest BCUT2D eigenvalue weighted by Crippen LogP contribution is 2.17. The van der Waals surface area contributed by atoms with E-state index in [9.17, 15) is 19.5 Å². The molecule has 2 heterocycles. The van der Waals surface area contributed by atoms with E-state index in [4.69, 9.17) is 0 Å². The van der Waals surface area contributed by atoms with E-state index in [0.717, 1.165) is 11.4 Å². The van der Waals surface area contributed by atoms with E-state index in [-0.39, 0.29) is 22.1 Å². The molecule has 0 radical (unpaired) electrons. The van der Waals surface area contributed by atoms with Gasteiger partial charge in [-0.15, -0.1) is 0 Å². The molecule has 0 aliphatic rings. The van der Waals surface area contributed by atoms with Crippen LogP contribution < -0.4 is 5.43 Å². The number of aromatic nitrogens is 2. The van der Waals surface area contributed by atoms with Crippen molar-refractivity contribution in [2.75, 3.05) is 0 Å². The van der Waals surface area contributed by atoms with Crippen LogP contribution in [0.5, 0.6) is 0 Å². The average Bonchev–Trinajstić information content (AvgIpc) is 2.75. The van der Waals surface area contributed by atoms with Gasteiger partial charge in [-0.1, -0.05) is 30.3 Å². The van der Waals surface area contributed by atoms with Crippen LogP contribution in [0.15, 0.2) is 77.7 Å². The first-order valence-corrected chi connectivity index (χ1v) is 9.37. The third-order valence-corrected chi connectivity index (χ3v) is 4.88. The number of hydrogen-bond donors (Lipinski definition) is 1. The summed E-state index contributed by atoms with van der Waals surface area (Å²) >= 11 is 0. The van der Waals surface area contributed by atoms with Crippen molar-refractivity contribution >= 4 is 22.7 Å². The average molecular weight is 398 g/mol. The van der Waals surface area contributed by atoms with E-state index in [2.05, 4.69) is 4.98 Å². The third kappa shape index (κ3) is 3.63. The number of ketones is 1. The lowest BCUT2D eigenvalue weighted by Crippen LogP contribution is -2.20. The Morgan fingerprint density at radius 1 is 0.967 bits per heavy atom. The standard InChI is InChI=1S/C24H18N2O4/c1-15-6-4-9-18(25-15)13-26-14-20(23(28)19-10-2-3-11-21(19)26)22(27)16-7-5-8-17(12-16)24(29)30/h2-12,14H,13H2,1H3,(H,29,30). The van der Waals surface area contributed by atoms with Crippen molar-refractivity contribution in [3.63, 3.8) is 0 Å². The largest absolute Gasteiger partial charge is 0.478 e. The Labute approximate surface area is 172 Å². The Hall–Kier alpha value is -4.06. The van der Waals surface area contributed by atoms with E-state index in [1.54, 1.807) is 12.1 Å². The van der Waals surface area contributed by atoms with Gasteiger partial charge in [0, 0.05) is 22.8 Å². The van der Waals surface area contributed by atoms with Gasteiger partial charge in [0.25, 0.3) is 0 Å². The first-order valence-electron chi connectivity index (χ1n) is 9.37. The Bertz CT molecular complexity index is 1350. The fourth-order valence-electron chi connectivity index (χ4n) is 3.45. The summed E-state index contributed by atoms with van der Waals surface area (Å²) in [6.07, 6.45) is 1.53. The zero-order chi connectivity index (χ0) is 21.3. The van der Waals surface area contributed by atoms with Crippen LogP contribution in [0.2, 0.25) is 0 Å². The predicted molar refractivity (Wildman–Crippen MR) is 113 cm³/mol. The molecule has 2 aromatic heterocycles. The van der Waals surface area contributed by atoms with Crippen LogP contribution in [0.1, 0.15) is 37.7 Å². The zero-order valence-corrected chi connectivity index (χ0v) is 16.2. The van der Waals surface area contributed by atoms with Crippen molar-refractivity contribution in [3.05, 3.63) is 111 Å². The maximum atomic E-state index is 13.1. The van der Waals surface area contributed by atoms with Crippen molar-refractivity contribution < 1.29 is 14.7 Å². The molecule has 148 valence electrons. The lowest BCUT2D eigenvalue weighted by molar-refractivity contribution is 0.0697. The van der Waals surface area contributed by atoms with Crippen LogP contribution in [0.4, 0.5) is 0 Å². The third-order valence-electron chi connectivity index (χ3n) is 4.88. The molecule has 0 bridgehead atoms. The normalized spacial score (nSPS) is 10.8. The second kappa shape index (κ2) is 7.75. The smallest absolute Gasteiger partial charge is 0.335 e. The van der Waals surface area contributed by atoms with Crippen molar-refractivity contribution in [1.29, 1.82) is 0 Å². The fourth-order valence-corrected chi connectivity index (χ4v) is 3.45. The zero-order valence-electron chi connectivity index (χ0n) is 16.2. The summed E-state index contributed by atoms with van der Waals surface area (Å²) in [5.74, 6) is -1.65. The highest BCUT2D eigenvalue weighted by Gasteiger charge is 2.18. The Balaban J connectivity index is 1.87. The maximum absolute atomic E-state index is 13.1. The molecule has 0 spiro atoms. The molecule has 6 heteroatoms. The van der Waals surface area contributed by atoms with Gasteiger partial charge in [0.15, 0.2) is 5.78 Å². The molecule has 2 aromatic carbocycles. The Morgan fingerprint density at radius 3 is 2.47 bits per heavy atom. The molecule has 0 unspecified atom stereocenters. The number of fused-ring (bicyclic) bond motifs is 1. The lowest BCUT2D eigenvalue weighted by atomic mass is 10.0. The Kier molecular flexibility index (Phi) is 4.98. The first-order chi connectivity index (χ1) is 14.4. The van der Waals surface area contributed by atoms with Gasteiger partial charge in [-0.2, -0.15) is 0 Å². The van der Waals surface area contributed by atoms with E-state index >= 15 is 0 Å². The second-order valence-electron chi connectivity index (χ2n) is 7.00. The van der Waals surface area contributed by atoms with Crippen LogP contribution in [-0.4, -0.2) is 26.4 Å². The summed E-state index contributed by atoms with van der Waals surface area (Å²) in [6, 6.07) is 18.5. The van der Waals surface area contributed by atoms with Gasteiger partial charge in [-0.3, -0.25) is 14.6 Å². The van der Waals surface area contributed by atoms with Gasteiger partial charge < -0.3 is 9.67 Å². The maximum Gasteiger partial charge on any atom is 0.335 e. The number of carboxylic acids is 1. The van der Waals surface area contributed by atoms with Gasteiger partial charge in [-0.05, 0) is 43.3 Å². The van der Waals surface area contributed by atoms with Gasteiger partial charge in [0.1, 0.15) is 0 Å². The molecule has 1 N–H and O–H groups in total. The van der Waals surface area contributed by atoms with E-state index in [1.807, 2.05) is 41.8 Å². The van der Waals surface area contributed by atoms with Crippen molar-refractivity contribution in [3.8, 4) is 0 Å². The highest BCUT2D eigenvalue weighted by atomic mass is 16.4. The quantitative estimate of drug-likeness (QED) is 0.518. The lowest BCUT2D eigenvalue weighted by Gasteiger charge is -2.13. The van der Waals surface area contributed by atoms with Crippen LogP contribution in [0.25, 0.3) is 10.9 Å². The summed E-state index contributed by atoms with van der Waals surface area (Å²) in [7, 11) is 0. The molecule has 0 aliphatic heterocycles. The topological polar surface area (TPSA) is 89.3 Å². The molecule has 0 saturated carbocycles. The molecule has 0 fully saturated rings. The number of hydrogen-bond acceptors (Lipinski definition) is 4. The molecule has 30 heavy (non-hydrogen) atoms. The minimum Gasteiger partial charge on any atom is -0.478 e. The van der Waals surface area contributed by atoms with E-state index < -0.39 is 11.8 Å². The first kappa shape index (κ1) is 19.3. The molecule has 0 saturated heterocycles. The van der Waals surface area contributed by atoms with Crippen LogP contribution in [0.3, 0.4) is 0 Å². The van der Waals surface area contributed by atoms with Crippen LogP contribution in [0, 0.1) is 6.92 Å². The van der Waals surface area contributed by atoms with Crippen molar-refractivity contribution in [1.82, 2.24) is 9.55 Å². The molecule has 0 amide bonds. The fraction of sp³-hybridized carbons (Fsp3) is 0.0833. The minimum absolute atomic E-state index is 0.00840. The van der Waals surface area contributed by atoms with E-state index in [0.29, 0.717) is 17.4 Å². The number of para-hydroxylation sites is 1. The summed E-state index contributed by atoms with van der Waals surface area (Å²) in [4.78, 5) is 41.9. The minimum atomic E-state index is -1.13. The molecular formula is C24H18N2O4. The molecule has 4 aromatic rings. The number of carbonyl (C=O) groups excluding carboxylic acids is 1. The predicted octanol–water partition coefficient (Wildman–Crippen LogP) is 3.68. The number of aryl methyl sites for hydroxylation is 1. The monoisotopic (exact) mass is 398 g/mol. The van der Waals surface area contributed by atoms with Crippen molar-refractivity contribution in [2.24, 2.45) is 0 Å². The number of benzene rings is 2. The van der Waals surface area contributed by atoms with E-state index in [1.165, 1.54) is 30.5 Å². The molecule has 0 atom stereocenters. The number of nitrogens with zero attached hydrogens (tertiary/aromatic N) is 2. The SMILES string of the molecule is Cc1cccc(Cn2cc(C(=O)c3cccc(C(=O)O)c3)c(=O)c3ccccc32)n1. The van der Waals surface area contributed by atoms with Gasteiger partial charge in [0.05, 0.1) is 28.9 Å². The number of pyridine rings is 2. The van der Waals surface area contributed by atoms with Gasteiger partial charge in [0.2, 0.25) is 5.43 Å². The second-order valence-corrected chi connectivity index (χ2v) is 7.00. The number of rotatable bonds is 5. The van der Waals surface area contributed by atoms with Gasteiger partial charge >= 0.3 is 5.97 Å². The highest BCUT2D eigenvalue weighted by molar-refractivity contribution is 6.11. The number of carbonyl (C=O) groups is 2. The summed E-state index contributed by atoms with van der Waals surface area (Å²) < 4.78 is 1.83. The van der Waals surface area contributed by atoms with Crippen LogP contribution >= 0.6 is 0 Å².